The van der Waals surface area contributed by atoms with Crippen molar-refractivity contribution in [3.63, 3.8) is 0 Å². The predicted octanol–water partition coefficient (Wildman–Crippen LogP) is 5.90. The molecule has 3 aromatic carbocycles. The van der Waals surface area contributed by atoms with Crippen LogP contribution < -0.4 is 19.7 Å². The lowest BCUT2D eigenvalue weighted by Gasteiger charge is -2.26. The van der Waals surface area contributed by atoms with E-state index >= 15 is 0 Å². The van der Waals surface area contributed by atoms with Crippen LogP contribution in [0.4, 0.5) is 32.0 Å². The van der Waals surface area contributed by atoms with Crippen LogP contribution in [-0.2, 0) is 17.9 Å². The molecule has 0 spiro atoms. The predicted molar refractivity (Wildman–Crippen MR) is 127 cm³/mol. The zero-order chi connectivity index (χ0) is 28.6. The molecule has 0 atom stereocenters. The molecule has 0 aliphatic rings. The maximum atomic E-state index is 12.5. The Labute approximate surface area is 218 Å². The van der Waals surface area contributed by atoms with Crippen LogP contribution >= 0.6 is 0 Å². The molecule has 0 saturated carbocycles. The van der Waals surface area contributed by atoms with Crippen molar-refractivity contribution >= 4 is 17.6 Å². The van der Waals surface area contributed by atoms with Gasteiger partial charge in [0.25, 0.3) is 5.91 Å². The molecule has 0 bridgehead atoms. The summed E-state index contributed by atoms with van der Waals surface area (Å²) in [7, 11) is 0. The summed E-state index contributed by atoms with van der Waals surface area (Å²) in [6.45, 7) is 0.332. The number of nitrogens with one attached hydrogen (secondary N) is 1. The van der Waals surface area contributed by atoms with E-state index in [-0.39, 0.29) is 31.6 Å². The highest BCUT2D eigenvalue weighted by molar-refractivity contribution is 5.94. The van der Waals surface area contributed by atoms with Gasteiger partial charge in [-0.3, -0.25) is 9.59 Å². The molecular weight excluding hydrogens is 534 g/mol. The normalized spacial score (nSPS) is 11.5. The summed E-state index contributed by atoms with van der Waals surface area (Å²) in [6.07, 6.45) is -9.91. The maximum absolute atomic E-state index is 12.5. The van der Waals surface area contributed by atoms with E-state index < -0.39 is 36.1 Å². The monoisotopic (exact) mass is 556 g/mol. The van der Waals surface area contributed by atoms with Gasteiger partial charge in [-0.25, -0.2) is 0 Å². The summed E-state index contributed by atoms with van der Waals surface area (Å²) in [5.74, 6) is -2.32. The van der Waals surface area contributed by atoms with Crippen molar-refractivity contribution in [2.45, 2.75) is 32.2 Å². The largest absolute Gasteiger partial charge is 0.573 e. The first-order valence-corrected chi connectivity index (χ1v) is 11.3. The minimum atomic E-state index is -4.84. The number of halogens is 6. The lowest BCUT2D eigenvalue weighted by atomic mass is 10.1. The van der Waals surface area contributed by atoms with Crippen molar-refractivity contribution in [3.05, 3.63) is 89.5 Å². The topological polar surface area (TPSA) is 88.1 Å². The van der Waals surface area contributed by atoms with Crippen LogP contribution in [0.5, 0.6) is 11.5 Å². The van der Waals surface area contributed by atoms with Gasteiger partial charge in [-0.1, -0.05) is 24.3 Å². The van der Waals surface area contributed by atoms with E-state index in [4.69, 9.17) is 5.11 Å². The van der Waals surface area contributed by atoms with Gasteiger partial charge >= 0.3 is 18.7 Å². The number of nitrogens with zero attached hydrogens (tertiary/aromatic N) is 1. The number of hydrogen-bond acceptors (Lipinski definition) is 5. The van der Waals surface area contributed by atoms with E-state index in [1.54, 1.807) is 17.0 Å². The summed E-state index contributed by atoms with van der Waals surface area (Å²) in [6, 6.07) is 16.7. The van der Waals surface area contributed by atoms with E-state index in [1.807, 2.05) is 0 Å². The number of hydrogen-bond donors (Lipinski definition) is 2. The smallest absolute Gasteiger partial charge is 0.481 e. The number of rotatable bonds is 11. The number of alkyl halides is 6. The quantitative estimate of drug-likeness (QED) is 0.286. The second-order valence-corrected chi connectivity index (χ2v) is 8.19. The van der Waals surface area contributed by atoms with Crippen molar-refractivity contribution in [2.75, 3.05) is 11.4 Å². The minimum absolute atomic E-state index is 0.0514. The number of ether oxygens (including phenoxy) is 2. The Hall–Kier alpha value is -4.42. The fraction of sp³-hybridized carbons (Fsp3) is 0.231. The number of carbonyl (C=O) groups is 2. The maximum Gasteiger partial charge on any atom is 0.573 e. The summed E-state index contributed by atoms with van der Waals surface area (Å²) in [5.41, 5.74) is 2.09. The van der Waals surface area contributed by atoms with Crippen molar-refractivity contribution in [3.8, 4) is 11.5 Å². The number of carbonyl (C=O) groups excluding carboxylic acids is 1. The first-order chi connectivity index (χ1) is 18.3. The van der Waals surface area contributed by atoms with Gasteiger partial charge in [0.05, 0.1) is 6.42 Å². The number of amides is 1. The van der Waals surface area contributed by atoms with Gasteiger partial charge in [0, 0.05) is 30.9 Å². The van der Waals surface area contributed by atoms with E-state index in [0.29, 0.717) is 16.8 Å². The first kappa shape index (κ1) is 29.1. The number of carboxylic acids is 1. The number of benzene rings is 3. The van der Waals surface area contributed by atoms with E-state index in [9.17, 15) is 35.9 Å². The van der Waals surface area contributed by atoms with E-state index in [0.717, 1.165) is 24.3 Å². The van der Waals surface area contributed by atoms with Crippen LogP contribution in [0.1, 0.15) is 27.9 Å². The van der Waals surface area contributed by atoms with Gasteiger partial charge < -0.3 is 24.8 Å². The molecule has 13 heteroatoms. The zero-order valence-corrected chi connectivity index (χ0v) is 20.1. The molecule has 0 aromatic heterocycles. The molecule has 1 amide bonds. The molecule has 0 aliphatic carbocycles. The lowest BCUT2D eigenvalue weighted by Crippen LogP contribution is -2.26. The third kappa shape index (κ3) is 10.1. The number of anilines is 1. The highest BCUT2D eigenvalue weighted by Crippen LogP contribution is 2.27. The molecule has 7 nitrogen and oxygen atoms in total. The highest BCUT2D eigenvalue weighted by Gasteiger charge is 2.31. The summed E-state index contributed by atoms with van der Waals surface area (Å²) in [5, 5.41) is 11.2. The summed E-state index contributed by atoms with van der Waals surface area (Å²) in [4.78, 5) is 24.7. The van der Waals surface area contributed by atoms with Crippen molar-refractivity contribution < 1.29 is 50.5 Å². The van der Waals surface area contributed by atoms with Crippen LogP contribution in [0.3, 0.4) is 0 Å². The Morgan fingerprint density at radius 1 is 0.718 bits per heavy atom. The van der Waals surface area contributed by atoms with Gasteiger partial charge in [-0.2, -0.15) is 0 Å². The van der Waals surface area contributed by atoms with Gasteiger partial charge in [0.15, 0.2) is 0 Å². The van der Waals surface area contributed by atoms with Gasteiger partial charge in [-0.15, -0.1) is 26.3 Å². The molecule has 0 radical (unpaired) electrons. The molecule has 3 aromatic rings. The summed E-state index contributed by atoms with van der Waals surface area (Å²) < 4.78 is 82.6. The molecule has 3 rings (SSSR count). The third-order valence-electron chi connectivity index (χ3n) is 5.18. The first-order valence-electron chi connectivity index (χ1n) is 11.3. The average molecular weight is 556 g/mol. The zero-order valence-electron chi connectivity index (χ0n) is 20.1. The van der Waals surface area contributed by atoms with Gasteiger partial charge in [-0.05, 0) is 59.7 Å². The SMILES string of the molecule is O=C(O)CCNC(=O)c1ccc(N(Cc2ccc(OC(F)(F)F)cc2)Cc2ccc(OC(F)(F)F)cc2)cc1. The standard InChI is InChI=1S/C26H22F6N2O5/c27-25(28,29)38-21-9-1-17(2-10-21)15-34(16-18-3-11-22(12-4-18)39-26(30,31)32)20-7-5-19(6-8-20)24(37)33-14-13-23(35)36/h1-12H,13-16H2,(H,33,37)(H,35,36). The average Bonchev–Trinajstić information content (AvgIpc) is 2.84. The van der Waals surface area contributed by atoms with E-state index in [1.165, 1.54) is 36.4 Å². The molecule has 0 heterocycles. The van der Waals surface area contributed by atoms with Crippen LogP contribution in [-0.4, -0.2) is 36.3 Å². The Balaban J connectivity index is 1.79. The fourth-order valence-corrected chi connectivity index (χ4v) is 3.48. The van der Waals surface area contributed by atoms with E-state index in [2.05, 4.69) is 14.8 Å². The molecule has 0 unspecified atom stereocenters. The number of carboxylic acid groups (broad SMARTS) is 1. The van der Waals surface area contributed by atoms with Crippen LogP contribution in [0.15, 0.2) is 72.8 Å². The number of aliphatic carboxylic acids is 1. The molecule has 208 valence electrons. The third-order valence-corrected chi connectivity index (χ3v) is 5.18. The Morgan fingerprint density at radius 2 is 1.15 bits per heavy atom. The molecule has 0 aliphatic heterocycles. The Bertz CT molecular complexity index is 1180. The Kier molecular flexibility index (Phi) is 9.28. The van der Waals surface area contributed by atoms with Crippen LogP contribution in [0.2, 0.25) is 0 Å². The molecule has 39 heavy (non-hydrogen) atoms. The van der Waals surface area contributed by atoms with Gasteiger partial charge in [0.2, 0.25) is 0 Å². The van der Waals surface area contributed by atoms with Crippen molar-refractivity contribution in [1.82, 2.24) is 5.32 Å². The van der Waals surface area contributed by atoms with Crippen molar-refractivity contribution in [2.24, 2.45) is 0 Å². The molecule has 0 saturated heterocycles. The lowest BCUT2D eigenvalue weighted by molar-refractivity contribution is -0.275. The van der Waals surface area contributed by atoms with Crippen LogP contribution in [0, 0.1) is 0 Å². The minimum Gasteiger partial charge on any atom is -0.481 e. The van der Waals surface area contributed by atoms with Crippen LogP contribution in [0.25, 0.3) is 0 Å². The second-order valence-electron chi connectivity index (χ2n) is 8.19. The van der Waals surface area contributed by atoms with Crippen molar-refractivity contribution in [1.29, 1.82) is 0 Å². The summed E-state index contributed by atoms with van der Waals surface area (Å²) >= 11 is 0. The molecule has 2 N–H and O–H groups in total. The molecule has 0 fully saturated rings. The second kappa shape index (κ2) is 12.4. The van der Waals surface area contributed by atoms with Gasteiger partial charge in [0.1, 0.15) is 11.5 Å². The highest BCUT2D eigenvalue weighted by atomic mass is 19.4. The Morgan fingerprint density at radius 3 is 1.54 bits per heavy atom. The fourth-order valence-electron chi connectivity index (χ4n) is 3.48. The molecular formula is C26H22F6N2O5.